The highest BCUT2D eigenvalue weighted by Gasteiger charge is 2.08. The third-order valence-corrected chi connectivity index (χ3v) is 2.83. The van der Waals surface area contributed by atoms with Gasteiger partial charge in [0.25, 0.3) is 0 Å². The van der Waals surface area contributed by atoms with Crippen LogP contribution in [0.15, 0.2) is 36.7 Å². The van der Waals surface area contributed by atoms with Crippen molar-refractivity contribution in [1.29, 1.82) is 0 Å². The second-order valence-corrected chi connectivity index (χ2v) is 4.82. The van der Waals surface area contributed by atoms with E-state index in [1.165, 1.54) is 0 Å². The zero-order valence-electron chi connectivity index (χ0n) is 12.1. The molecule has 0 spiro atoms. The fourth-order valence-electron chi connectivity index (χ4n) is 1.82. The van der Waals surface area contributed by atoms with Crippen molar-refractivity contribution in [3.05, 3.63) is 42.2 Å². The predicted octanol–water partition coefficient (Wildman–Crippen LogP) is 2.49. The van der Waals surface area contributed by atoms with Crippen LogP contribution in [0.1, 0.15) is 19.4 Å². The molecule has 0 saturated carbocycles. The number of nitrogens with zero attached hydrogens (tertiary/aromatic N) is 3. The molecule has 106 valence electrons. The molecule has 0 bridgehead atoms. The van der Waals surface area contributed by atoms with E-state index in [0.29, 0.717) is 12.4 Å². The summed E-state index contributed by atoms with van der Waals surface area (Å²) in [5.74, 6) is 1.26. The summed E-state index contributed by atoms with van der Waals surface area (Å²) in [7, 11) is 1.94. The molecule has 0 fully saturated rings. The van der Waals surface area contributed by atoms with Crippen LogP contribution >= 0.6 is 0 Å². The molecule has 0 aliphatic carbocycles. The van der Waals surface area contributed by atoms with Gasteiger partial charge in [-0.15, -0.1) is 0 Å². The highest BCUT2D eigenvalue weighted by atomic mass is 16.5. The van der Waals surface area contributed by atoms with Gasteiger partial charge < -0.3 is 15.4 Å². The summed E-state index contributed by atoms with van der Waals surface area (Å²) in [6.07, 6.45) is 3.40. The van der Waals surface area contributed by atoms with Gasteiger partial charge in [-0.1, -0.05) is 12.1 Å². The number of aromatic nitrogens is 2. The Kier molecular flexibility index (Phi) is 4.53. The topological polar surface area (TPSA) is 64.3 Å². The molecule has 0 saturated heterocycles. The Labute approximate surface area is 119 Å². The lowest BCUT2D eigenvalue weighted by molar-refractivity contribution is 0.232. The molecule has 2 N–H and O–H groups in total. The minimum atomic E-state index is 0.0745. The Balaban J connectivity index is 2.25. The molecule has 0 unspecified atom stereocenters. The average molecular weight is 272 g/mol. The van der Waals surface area contributed by atoms with E-state index in [9.17, 15) is 0 Å². The number of nitrogens with two attached hydrogens (primary N) is 1. The van der Waals surface area contributed by atoms with Crippen LogP contribution in [0.25, 0.3) is 0 Å². The number of rotatable bonds is 5. The number of benzene rings is 1. The Bertz CT molecular complexity index is 571. The van der Waals surface area contributed by atoms with E-state index in [2.05, 4.69) is 9.97 Å². The summed E-state index contributed by atoms with van der Waals surface area (Å²) < 4.78 is 5.57. The Morgan fingerprint density at radius 2 is 2.10 bits per heavy atom. The average Bonchev–Trinajstić information content (AvgIpc) is 2.46. The second kappa shape index (κ2) is 6.34. The van der Waals surface area contributed by atoms with E-state index in [4.69, 9.17) is 10.5 Å². The molecule has 0 radical (unpaired) electrons. The largest absolute Gasteiger partial charge is 0.474 e. The summed E-state index contributed by atoms with van der Waals surface area (Å²) in [4.78, 5) is 10.6. The van der Waals surface area contributed by atoms with Crippen LogP contribution in [-0.4, -0.2) is 23.1 Å². The third-order valence-electron chi connectivity index (χ3n) is 2.83. The monoisotopic (exact) mass is 272 g/mol. The van der Waals surface area contributed by atoms with Crippen molar-refractivity contribution in [3.63, 3.8) is 0 Å². The van der Waals surface area contributed by atoms with Crippen molar-refractivity contribution >= 4 is 11.5 Å². The Morgan fingerprint density at radius 1 is 1.30 bits per heavy atom. The van der Waals surface area contributed by atoms with Crippen LogP contribution in [-0.2, 0) is 6.54 Å². The normalized spacial score (nSPS) is 10.7. The molecule has 0 amide bonds. The minimum Gasteiger partial charge on any atom is -0.474 e. The molecule has 2 aromatic rings. The van der Waals surface area contributed by atoms with E-state index in [1.807, 2.05) is 50.1 Å². The molecule has 0 aliphatic rings. The van der Waals surface area contributed by atoms with Crippen molar-refractivity contribution in [2.45, 2.75) is 26.5 Å². The van der Waals surface area contributed by atoms with Gasteiger partial charge in [-0.25, -0.2) is 0 Å². The maximum Gasteiger partial charge on any atom is 0.234 e. The van der Waals surface area contributed by atoms with Crippen LogP contribution in [0.3, 0.4) is 0 Å². The predicted molar refractivity (Wildman–Crippen MR) is 80.2 cm³/mol. The van der Waals surface area contributed by atoms with Crippen LogP contribution < -0.4 is 15.4 Å². The van der Waals surface area contributed by atoms with Gasteiger partial charge in [0.15, 0.2) is 5.82 Å². The van der Waals surface area contributed by atoms with E-state index in [1.54, 1.807) is 12.4 Å². The number of hydrogen-bond donors (Lipinski definition) is 1. The first-order valence-corrected chi connectivity index (χ1v) is 6.61. The van der Waals surface area contributed by atoms with E-state index < -0.39 is 0 Å². The van der Waals surface area contributed by atoms with Crippen LogP contribution in [0, 0.1) is 0 Å². The molecule has 1 aromatic carbocycles. The highest BCUT2D eigenvalue weighted by Crippen LogP contribution is 2.23. The van der Waals surface area contributed by atoms with Gasteiger partial charge in [-0.2, -0.15) is 4.98 Å². The maximum atomic E-state index is 5.67. The summed E-state index contributed by atoms with van der Waals surface area (Å²) in [5, 5.41) is 0. The number of anilines is 2. The number of hydrogen-bond acceptors (Lipinski definition) is 5. The number of ether oxygens (including phenoxy) is 1. The quantitative estimate of drug-likeness (QED) is 0.906. The summed E-state index contributed by atoms with van der Waals surface area (Å²) in [6, 6.07) is 8.03. The van der Waals surface area contributed by atoms with Gasteiger partial charge in [-0.05, 0) is 31.5 Å². The maximum absolute atomic E-state index is 5.67. The highest BCUT2D eigenvalue weighted by molar-refractivity contribution is 5.59. The van der Waals surface area contributed by atoms with Gasteiger partial charge >= 0.3 is 0 Å². The van der Waals surface area contributed by atoms with Crippen molar-refractivity contribution < 1.29 is 4.74 Å². The standard InChI is InChI=1S/C15H20N4O/c1-11(2)20-15-10-17-9-14(18-15)19(3)13-6-4-5-12(7-13)8-16/h4-7,9-11H,8,16H2,1-3H3. The van der Waals surface area contributed by atoms with Gasteiger partial charge in [-0.3, -0.25) is 4.98 Å². The van der Waals surface area contributed by atoms with E-state index in [0.717, 1.165) is 17.1 Å². The smallest absolute Gasteiger partial charge is 0.234 e. The Morgan fingerprint density at radius 3 is 2.80 bits per heavy atom. The fourth-order valence-corrected chi connectivity index (χ4v) is 1.82. The van der Waals surface area contributed by atoms with Gasteiger partial charge in [0, 0.05) is 19.3 Å². The molecule has 2 rings (SSSR count). The molecule has 0 atom stereocenters. The molecule has 20 heavy (non-hydrogen) atoms. The summed E-state index contributed by atoms with van der Waals surface area (Å²) >= 11 is 0. The fraction of sp³-hybridized carbons (Fsp3) is 0.333. The van der Waals surface area contributed by atoms with Crippen LogP contribution in [0.5, 0.6) is 5.88 Å². The van der Waals surface area contributed by atoms with E-state index >= 15 is 0 Å². The van der Waals surface area contributed by atoms with Gasteiger partial charge in [0.1, 0.15) is 0 Å². The molecule has 5 heteroatoms. The first-order chi connectivity index (χ1) is 9.60. The van der Waals surface area contributed by atoms with Crippen molar-refractivity contribution in [1.82, 2.24) is 9.97 Å². The zero-order valence-corrected chi connectivity index (χ0v) is 12.1. The van der Waals surface area contributed by atoms with Gasteiger partial charge in [0.2, 0.25) is 5.88 Å². The first-order valence-electron chi connectivity index (χ1n) is 6.61. The third kappa shape index (κ3) is 3.45. The lowest BCUT2D eigenvalue weighted by atomic mass is 10.2. The van der Waals surface area contributed by atoms with Crippen molar-refractivity contribution in [2.75, 3.05) is 11.9 Å². The SMILES string of the molecule is CC(C)Oc1cncc(N(C)c2cccc(CN)c2)n1. The molecular weight excluding hydrogens is 252 g/mol. The van der Waals surface area contributed by atoms with Crippen molar-refractivity contribution in [3.8, 4) is 5.88 Å². The summed E-state index contributed by atoms with van der Waals surface area (Å²) in [5.41, 5.74) is 7.77. The van der Waals surface area contributed by atoms with Gasteiger partial charge in [0.05, 0.1) is 18.5 Å². The molecule has 5 nitrogen and oxygen atoms in total. The zero-order chi connectivity index (χ0) is 14.5. The first kappa shape index (κ1) is 14.3. The second-order valence-electron chi connectivity index (χ2n) is 4.82. The van der Waals surface area contributed by atoms with Crippen LogP contribution in [0.2, 0.25) is 0 Å². The summed E-state index contributed by atoms with van der Waals surface area (Å²) in [6.45, 7) is 4.44. The van der Waals surface area contributed by atoms with E-state index in [-0.39, 0.29) is 6.10 Å². The Hall–Kier alpha value is -2.14. The lowest BCUT2D eigenvalue weighted by Crippen LogP contribution is -2.14. The lowest BCUT2D eigenvalue weighted by Gasteiger charge is -2.19. The molecule has 1 heterocycles. The molecule has 1 aromatic heterocycles. The minimum absolute atomic E-state index is 0.0745. The van der Waals surface area contributed by atoms with Crippen molar-refractivity contribution in [2.24, 2.45) is 5.73 Å². The molecular formula is C15H20N4O. The van der Waals surface area contributed by atoms with Crippen LogP contribution in [0.4, 0.5) is 11.5 Å². The molecule has 0 aliphatic heterocycles.